The molecule has 2 amide bonds. The number of amides is 2. The lowest BCUT2D eigenvalue weighted by atomic mass is 9.96. The number of hydrogen-bond donors (Lipinski definition) is 1. The summed E-state index contributed by atoms with van der Waals surface area (Å²) in [5.41, 5.74) is 7.24. The quantitative estimate of drug-likeness (QED) is 0.344. The second-order valence-electron chi connectivity index (χ2n) is 11.1. The van der Waals surface area contributed by atoms with E-state index in [0.29, 0.717) is 12.6 Å². The molecule has 0 aliphatic carbocycles. The summed E-state index contributed by atoms with van der Waals surface area (Å²) in [6.45, 7) is 6.96. The lowest BCUT2D eigenvalue weighted by molar-refractivity contribution is 0.230. The minimum Gasteiger partial charge on any atom is -0.495 e. The highest BCUT2D eigenvalue weighted by atomic mass is 16.5. The predicted octanol–water partition coefficient (Wildman–Crippen LogP) is 6.10. The normalized spacial score (nSPS) is 18.6. The molecule has 204 valence electrons. The number of anilines is 3. The molecule has 0 bridgehead atoms. The average molecular weight is 534 g/mol. The van der Waals surface area contributed by atoms with Crippen LogP contribution in [0.2, 0.25) is 0 Å². The van der Waals surface area contributed by atoms with E-state index in [1.807, 2.05) is 42.3 Å². The van der Waals surface area contributed by atoms with Gasteiger partial charge in [-0.2, -0.15) is 0 Å². The first kappa shape index (κ1) is 24.9. The van der Waals surface area contributed by atoms with Gasteiger partial charge < -0.3 is 15.0 Å². The fourth-order valence-corrected chi connectivity index (χ4v) is 6.84. The minimum atomic E-state index is -0.106. The van der Waals surface area contributed by atoms with E-state index < -0.39 is 0 Å². The zero-order valence-electron chi connectivity index (χ0n) is 23.2. The Morgan fingerprint density at radius 2 is 1.80 bits per heavy atom. The monoisotopic (exact) mass is 533 g/mol. The van der Waals surface area contributed by atoms with Gasteiger partial charge in [-0.05, 0) is 73.5 Å². The largest absolute Gasteiger partial charge is 0.495 e. The number of piperazine rings is 1. The molecule has 1 aromatic heterocycles. The third-order valence-corrected chi connectivity index (χ3v) is 8.91. The molecule has 4 aromatic rings. The second-order valence-corrected chi connectivity index (χ2v) is 11.1. The SMILES string of the molecule is COc1cc2c(cc1N1CCN3CCCC3C1)N(C(=O)Nc1cccc3c(-c4cccnc4C)cccc13)CC2. The molecule has 1 N–H and O–H groups in total. The third-order valence-electron chi connectivity index (χ3n) is 8.91. The summed E-state index contributed by atoms with van der Waals surface area (Å²) >= 11 is 0. The van der Waals surface area contributed by atoms with Gasteiger partial charge in [0.25, 0.3) is 0 Å². The number of carbonyl (C=O) groups excluding carboxylic acids is 1. The van der Waals surface area contributed by atoms with Crippen molar-refractivity contribution in [1.82, 2.24) is 9.88 Å². The molecular weight excluding hydrogens is 498 g/mol. The van der Waals surface area contributed by atoms with Crippen molar-refractivity contribution in [2.24, 2.45) is 0 Å². The maximum atomic E-state index is 13.8. The van der Waals surface area contributed by atoms with Crippen LogP contribution in [0, 0.1) is 6.92 Å². The van der Waals surface area contributed by atoms with Gasteiger partial charge in [0.1, 0.15) is 5.75 Å². The molecule has 0 saturated carbocycles. The fourth-order valence-electron chi connectivity index (χ4n) is 6.84. The Kier molecular flexibility index (Phi) is 6.31. The summed E-state index contributed by atoms with van der Waals surface area (Å²) < 4.78 is 5.85. The van der Waals surface area contributed by atoms with Gasteiger partial charge >= 0.3 is 6.03 Å². The van der Waals surface area contributed by atoms with Crippen LogP contribution in [0.5, 0.6) is 5.75 Å². The molecule has 7 rings (SSSR count). The fraction of sp³-hybridized carbons (Fsp3) is 0.333. The molecule has 2 fully saturated rings. The van der Waals surface area contributed by atoms with E-state index in [9.17, 15) is 4.79 Å². The molecule has 4 heterocycles. The van der Waals surface area contributed by atoms with Crippen LogP contribution in [0.1, 0.15) is 24.1 Å². The zero-order valence-corrected chi connectivity index (χ0v) is 23.2. The van der Waals surface area contributed by atoms with Crippen LogP contribution < -0.4 is 19.9 Å². The van der Waals surface area contributed by atoms with Crippen LogP contribution in [0.15, 0.2) is 66.9 Å². The van der Waals surface area contributed by atoms with Crippen molar-refractivity contribution < 1.29 is 9.53 Å². The highest BCUT2D eigenvalue weighted by molar-refractivity contribution is 6.11. The van der Waals surface area contributed by atoms with Crippen molar-refractivity contribution in [2.45, 2.75) is 32.2 Å². The van der Waals surface area contributed by atoms with E-state index in [-0.39, 0.29) is 6.03 Å². The van der Waals surface area contributed by atoms with Crippen LogP contribution in [0.4, 0.5) is 21.9 Å². The van der Waals surface area contributed by atoms with Gasteiger partial charge in [0.15, 0.2) is 0 Å². The van der Waals surface area contributed by atoms with Crippen molar-refractivity contribution in [2.75, 3.05) is 55.0 Å². The van der Waals surface area contributed by atoms with Crippen LogP contribution in [0.25, 0.3) is 21.9 Å². The summed E-state index contributed by atoms with van der Waals surface area (Å²) in [6, 6.07) is 21.2. The predicted molar refractivity (Wildman–Crippen MR) is 162 cm³/mol. The number of aromatic nitrogens is 1. The van der Waals surface area contributed by atoms with Crippen molar-refractivity contribution in [3.8, 4) is 16.9 Å². The highest BCUT2D eigenvalue weighted by Crippen LogP contribution is 2.41. The Morgan fingerprint density at radius 3 is 2.67 bits per heavy atom. The van der Waals surface area contributed by atoms with Crippen LogP contribution >= 0.6 is 0 Å². The molecule has 40 heavy (non-hydrogen) atoms. The van der Waals surface area contributed by atoms with Gasteiger partial charge in [0.05, 0.1) is 24.2 Å². The number of nitrogens with zero attached hydrogens (tertiary/aromatic N) is 4. The Balaban J connectivity index is 1.19. The van der Waals surface area contributed by atoms with Crippen molar-refractivity contribution >= 4 is 33.9 Å². The molecule has 7 heteroatoms. The number of pyridine rings is 1. The lowest BCUT2D eigenvalue weighted by Crippen LogP contribution is -2.50. The summed E-state index contributed by atoms with van der Waals surface area (Å²) in [6.07, 6.45) is 5.17. The molecule has 1 atom stereocenters. The van der Waals surface area contributed by atoms with Gasteiger partial charge in [-0.15, -0.1) is 0 Å². The summed E-state index contributed by atoms with van der Waals surface area (Å²) in [4.78, 5) is 25.2. The number of benzene rings is 3. The highest BCUT2D eigenvalue weighted by Gasteiger charge is 2.33. The maximum Gasteiger partial charge on any atom is 0.326 e. The Bertz CT molecular complexity index is 1600. The Hall–Kier alpha value is -4.10. The zero-order chi connectivity index (χ0) is 27.2. The molecule has 3 aliphatic rings. The summed E-state index contributed by atoms with van der Waals surface area (Å²) in [7, 11) is 1.75. The van der Waals surface area contributed by atoms with Gasteiger partial charge in [-0.1, -0.05) is 36.4 Å². The van der Waals surface area contributed by atoms with Crippen LogP contribution in [0.3, 0.4) is 0 Å². The first-order valence-electron chi connectivity index (χ1n) is 14.3. The van der Waals surface area contributed by atoms with E-state index in [1.54, 1.807) is 7.11 Å². The van der Waals surface area contributed by atoms with Crippen LogP contribution in [-0.4, -0.2) is 61.8 Å². The number of urea groups is 1. The Morgan fingerprint density at radius 1 is 0.950 bits per heavy atom. The lowest BCUT2D eigenvalue weighted by Gasteiger charge is -2.39. The minimum absolute atomic E-state index is 0.106. The van der Waals surface area contributed by atoms with E-state index in [1.165, 1.54) is 19.4 Å². The standard InChI is InChI=1S/C33H35N5O2/c1-22-25(11-5-14-34-22)26-8-3-10-28-27(26)9-4-12-29(28)35-33(39)38-16-13-23-19-32(40-2)31(20-30(23)38)37-18-17-36-15-6-7-24(36)21-37/h3-5,8-12,14,19-20,24H,6-7,13,15-18,21H2,1-2H3,(H,35,39). The molecule has 2 saturated heterocycles. The number of aryl methyl sites for hydroxylation is 1. The number of methoxy groups -OCH3 is 1. The molecule has 7 nitrogen and oxygen atoms in total. The average Bonchev–Trinajstić information content (AvgIpc) is 3.63. The number of carbonyl (C=O) groups is 1. The van der Waals surface area contributed by atoms with E-state index in [2.05, 4.69) is 56.5 Å². The van der Waals surface area contributed by atoms with Gasteiger partial charge in [0, 0.05) is 55.1 Å². The summed E-state index contributed by atoms with van der Waals surface area (Å²) in [5.74, 6) is 0.903. The number of fused-ring (bicyclic) bond motifs is 3. The Labute approximate surface area is 235 Å². The number of rotatable bonds is 4. The van der Waals surface area contributed by atoms with E-state index in [4.69, 9.17) is 4.74 Å². The van der Waals surface area contributed by atoms with Gasteiger partial charge in [-0.3, -0.25) is 14.8 Å². The number of ether oxygens (including phenoxy) is 1. The summed E-state index contributed by atoms with van der Waals surface area (Å²) in [5, 5.41) is 5.35. The van der Waals surface area contributed by atoms with Crippen molar-refractivity contribution in [1.29, 1.82) is 0 Å². The second kappa shape index (κ2) is 10.1. The maximum absolute atomic E-state index is 13.8. The van der Waals surface area contributed by atoms with Crippen molar-refractivity contribution in [3.05, 3.63) is 78.1 Å². The number of nitrogens with one attached hydrogen (secondary N) is 1. The van der Waals surface area contributed by atoms with E-state index in [0.717, 1.165) is 82.0 Å². The molecule has 3 aliphatic heterocycles. The third kappa shape index (κ3) is 4.25. The molecular formula is C33H35N5O2. The first-order chi connectivity index (χ1) is 19.6. The topological polar surface area (TPSA) is 60.9 Å². The van der Waals surface area contributed by atoms with Crippen molar-refractivity contribution in [3.63, 3.8) is 0 Å². The molecule has 1 unspecified atom stereocenters. The molecule has 0 radical (unpaired) electrons. The van der Waals surface area contributed by atoms with Gasteiger partial charge in [0.2, 0.25) is 0 Å². The van der Waals surface area contributed by atoms with E-state index >= 15 is 0 Å². The smallest absolute Gasteiger partial charge is 0.326 e. The van der Waals surface area contributed by atoms with Gasteiger partial charge in [-0.25, -0.2) is 4.79 Å². The molecule has 0 spiro atoms. The molecule has 3 aromatic carbocycles. The van der Waals surface area contributed by atoms with Crippen LogP contribution in [-0.2, 0) is 6.42 Å². The first-order valence-corrected chi connectivity index (χ1v) is 14.3. The number of hydrogen-bond acceptors (Lipinski definition) is 5.